The summed E-state index contributed by atoms with van der Waals surface area (Å²) in [7, 11) is 0. The highest BCUT2D eigenvalue weighted by atomic mass is 32.1. The van der Waals surface area contributed by atoms with Gasteiger partial charge in [0.05, 0.1) is 13.2 Å². The number of thiophene rings is 1. The maximum Gasteiger partial charge on any atom is 0.0558 e. The van der Waals surface area contributed by atoms with Gasteiger partial charge in [0, 0.05) is 48.4 Å². The van der Waals surface area contributed by atoms with Gasteiger partial charge in [-0.1, -0.05) is 11.8 Å². The summed E-state index contributed by atoms with van der Waals surface area (Å²) in [5, 5.41) is 19.8. The molecule has 1 aliphatic rings. The quantitative estimate of drug-likeness (QED) is 0.796. The standard InChI is InChI=1S/C16H24N2O2S/c19-10-2-1-4-15-12-16(21-14-15)13-18-6-3-5-17(7-8-18)9-11-20/h12,14,19-20H,2-3,5-11,13H2. The fourth-order valence-electron chi connectivity index (χ4n) is 2.52. The van der Waals surface area contributed by atoms with E-state index in [0.717, 1.165) is 51.3 Å². The number of β-amino-alcohol motifs (C(OH)–C–C–N with tert-alkyl or cyclic N) is 1. The lowest BCUT2D eigenvalue weighted by Crippen LogP contribution is -2.32. The van der Waals surface area contributed by atoms with Gasteiger partial charge >= 0.3 is 0 Å². The van der Waals surface area contributed by atoms with Crippen LogP contribution in [0.2, 0.25) is 0 Å². The highest BCUT2D eigenvalue weighted by Crippen LogP contribution is 2.17. The van der Waals surface area contributed by atoms with E-state index in [1.165, 1.54) is 4.88 Å². The van der Waals surface area contributed by atoms with Crippen LogP contribution in [0.4, 0.5) is 0 Å². The van der Waals surface area contributed by atoms with E-state index in [1.54, 1.807) is 11.3 Å². The van der Waals surface area contributed by atoms with E-state index in [4.69, 9.17) is 10.2 Å². The lowest BCUT2D eigenvalue weighted by Gasteiger charge is -2.20. The van der Waals surface area contributed by atoms with E-state index in [9.17, 15) is 0 Å². The Hall–Kier alpha value is -0.900. The van der Waals surface area contributed by atoms with Crippen molar-refractivity contribution in [2.24, 2.45) is 0 Å². The van der Waals surface area contributed by atoms with Crippen LogP contribution >= 0.6 is 11.3 Å². The molecule has 2 rings (SSSR count). The van der Waals surface area contributed by atoms with Crippen molar-refractivity contribution in [2.45, 2.75) is 19.4 Å². The second-order valence-electron chi connectivity index (χ2n) is 5.27. The average Bonchev–Trinajstić information content (AvgIpc) is 2.80. The van der Waals surface area contributed by atoms with Gasteiger partial charge in [-0.3, -0.25) is 9.80 Å². The molecule has 2 heterocycles. The predicted molar refractivity (Wildman–Crippen MR) is 86.3 cm³/mol. The van der Waals surface area contributed by atoms with Crippen molar-refractivity contribution in [3.8, 4) is 11.8 Å². The first-order valence-corrected chi connectivity index (χ1v) is 8.42. The van der Waals surface area contributed by atoms with Gasteiger partial charge < -0.3 is 10.2 Å². The summed E-state index contributed by atoms with van der Waals surface area (Å²) in [6.45, 7) is 6.45. The zero-order valence-electron chi connectivity index (χ0n) is 12.4. The summed E-state index contributed by atoms with van der Waals surface area (Å²) in [5.41, 5.74) is 1.06. The molecule has 0 bridgehead atoms. The molecule has 0 saturated carbocycles. The van der Waals surface area contributed by atoms with Gasteiger partial charge in [0.15, 0.2) is 0 Å². The lowest BCUT2D eigenvalue weighted by atomic mass is 10.3. The van der Waals surface area contributed by atoms with Crippen LogP contribution in [0.15, 0.2) is 11.4 Å². The highest BCUT2D eigenvalue weighted by molar-refractivity contribution is 7.10. The highest BCUT2D eigenvalue weighted by Gasteiger charge is 2.15. The van der Waals surface area contributed by atoms with Crippen LogP contribution < -0.4 is 0 Å². The Morgan fingerprint density at radius 2 is 1.90 bits per heavy atom. The zero-order chi connectivity index (χ0) is 14.9. The van der Waals surface area contributed by atoms with Crippen molar-refractivity contribution in [3.63, 3.8) is 0 Å². The van der Waals surface area contributed by atoms with Gasteiger partial charge in [-0.15, -0.1) is 11.3 Å². The summed E-state index contributed by atoms with van der Waals surface area (Å²) >= 11 is 1.76. The molecule has 0 unspecified atom stereocenters. The Balaban J connectivity index is 1.83. The first kappa shape index (κ1) is 16.5. The van der Waals surface area contributed by atoms with Crippen LogP contribution in [0.3, 0.4) is 0 Å². The Morgan fingerprint density at radius 1 is 1.10 bits per heavy atom. The third-order valence-electron chi connectivity index (χ3n) is 3.60. The van der Waals surface area contributed by atoms with E-state index in [-0.39, 0.29) is 13.2 Å². The first-order chi connectivity index (χ1) is 10.3. The van der Waals surface area contributed by atoms with E-state index in [1.807, 2.05) is 0 Å². The molecule has 2 N–H and O–H groups in total. The van der Waals surface area contributed by atoms with Crippen LogP contribution in [0.1, 0.15) is 23.3 Å². The molecule has 0 radical (unpaired) electrons. The van der Waals surface area contributed by atoms with Crippen LogP contribution in [-0.4, -0.2) is 66.0 Å². The summed E-state index contributed by atoms with van der Waals surface area (Å²) in [6.07, 6.45) is 1.70. The zero-order valence-corrected chi connectivity index (χ0v) is 13.2. The molecule has 1 saturated heterocycles. The minimum Gasteiger partial charge on any atom is -0.395 e. The van der Waals surface area contributed by atoms with Crippen LogP contribution in [0.25, 0.3) is 0 Å². The molecule has 116 valence electrons. The van der Waals surface area contributed by atoms with E-state index < -0.39 is 0 Å². The summed E-state index contributed by atoms with van der Waals surface area (Å²) in [6, 6.07) is 2.16. The van der Waals surface area contributed by atoms with Crippen molar-refractivity contribution in [1.82, 2.24) is 9.80 Å². The van der Waals surface area contributed by atoms with Crippen LogP contribution in [0, 0.1) is 11.8 Å². The minimum absolute atomic E-state index is 0.127. The fourth-order valence-corrected chi connectivity index (χ4v) is 3.37. The number of aliphatic hydroxyl groups is 2. The smallest absolute Gasteiger partial charge is 0.0558 e. The normalized spacial score (nSPS) is 17.2. The molecule has 1 aromatic rings. The number of aliphatic hydroxyl groups excluding tert-OH is 2. The van der Waals surface area contributed by atoms with Crippen molar-refractivity contribution in [1.29, 1.82) is 0 Å². The third kappa shape index (κ3) is 5.77. The third-order valence-corrected chi connectivity index (χ3v) is 4.52. The summed E-state index contributed by atoms with van der Waals surface area (Å²) in [5.74, 6) is 6.05. The monoisotopic (exact) mass is 308 g/mol. The molecule has 4 nitrogen and oxygen atoms in total. The van der Waals surface area contributed by atoms with Crippen molar-refractivity contribution < 1.29 is 10.2 Å². The Labute approximate surface area is 131 Å². The van der Waals surface area contributed by atoms with Gasteiger partial charge in [-0.2, -0.15) is 0 Å². The van der Waals surface area contributed by atoms with Crippen LogP contribution in [-0.2, 0) is 6.54 Å². The number of hydrogen-bond donors (Lipinski definition) is 2. The Morgan fingerprint density at radius 3 is 2.71 bits per heavy atom. The van der Waals surface area contributed by atoms with E-state index >= 15 is 0 Å². The number of rotatable bonds is 5. The molecular weight excluding hydrogens is 284 g/mol. The number of nitrogens with zero attached hydrogens (tertiary/aromatic N) is 2. The SMILES string of the molecule is OCCC#Cc1csc(CN2CCCN(CCO)CC2)c1. The lowest BCUT2D eigenvalue weighted by molar-refractivity contribution is 0.196. The largest absolute Gasteiger partial charge is 0.395 e. The molecule has 0 amide bonds. The summed E-state index contributed by atoms with van der Waals surface area (Å²) in [4.78, 5) is 6.16. The van der Waals surface area contributed by atoms with E-state index in [2.05, 4.69) is 33.1 Å². The molecule has 0 aromatic carbocycles. The molecule has 21 heavy (non-hydrogen) atoms. The first-order valence-electron chi connectivity index (χ1n) is 7.54. The van der Waals surface area contributed by atoms with E-state index in [0.29, 0.717) is 6.42 Å². The molecule has 5 heteroatoms. The average molecular weight is 308 g/mol. The van der Waals surface area contributed by atoms with Crippen molar-refractivity contribution >= 4 is 11.3 Å². The maximum atomic E-state index is 9.02. The Bertz CT molecular complexity index is 478. The van der Waals surface area contributed by atoms with Gasteiger partial charge in [0.25, 0.3) is 0 Å². The molecule has 1 aliphatic heterocycles. The van der Waals surface area contributed by atoms with Gasteiger partial charge in [0.2, 0.25) is 0 Å². The fraction of sp³-hybridized carbons (Fsp3) is 0.625. The van der Waals surface area contributed by atoms with Gasteiger partial charge in [-0.25, -0.2) is 0 Å². The second kappa shape index (κ2) is 9.19. The van der Waals surface area contributed by atoms with Crippen LogP contribution in [0.5, 0.6) is 0 Å². The maximum absolute atomic E-state index is 9.02. The Kier molecular flexibility index (Phi) is 7.20. The number of hydrogen-bond acceptors (Lipinski definition) is 5. The summed E-state index contributed by atoms with van der Waals surface area (Å²) < 4.78 is 0. The van der Waals surface area contributed by atoms with Gasteiger partial charge in [0.1, 0.15) is 0 Å². The van der Waals surface area contributed by atoms with Crippen molar-refractivity contribution in [3.05, 3.63) is 21.9 Å². The molecule has 0 atom stereocenters. The second-order valence-corrected chi connectivity index (χ2v) is 6.27. The molecular formula is C16H24N2O2S. The molecule has 0 spiro atoms. The molecule has 1 aromatic heterocycles. The van der Waals surface area contributed by atoms with Gasteiger partial charge in [-0.05, 0) is 25.6 Å². The molecule has 1 fully saturated rings. The predicted octanol–water partition coefficient (Wildman–Crippen LogP) is 0.982. The topological polar surface area (TPSA) is 46.9 Å². The minimum atomic E-state index is 0.127. The van der Waals surface area contributed by atoms with Crippen molar-refractivity contribution in [2.75, 3.05) is 45.9 Å². The molecule has 0 aliphatic carbocycles.